The smallest absolute Gasteiger partial charge is 0.260 e. The molecule has 0 spiro atoms. The van der Waals surface area contributed by atoms with E-state index >= 15 is 0 Å². The number of phenols is 1. The predicted molar refractivity (Wildman–Crippen MR) is 70.9 cm³/mol. The number of carbonyl (C=O) groups is 1. The summed E-state index contributed by atoms with van der Waals surface area (Å²) in [7, 11) is 0. The molecule has 1 amide bonds. The van der Waals surface area contributed by atoms with Gasteiger partial charge in [0.25, 0.3) is 5.91 Å². The highest BCUT2D eigenvalue weighted by molar-refractivity contribution is 5.80. The third-order valence-electron chi connectivity index (χ3n) is 2.76. The van der Waals surface area contributed by atoms with Gasteiger partial charge in [0, 0.05) is 12.1 Å². The number of nitrogens with one attached hydrogen (secondary N) is 1. The van der Waals surface area contributed by atoms with Gasteiger partial charge in [-0.3, -0.25) is 4.79 Å². The zero-order chi connectivity index (χ0) is 13.5. The molecule has 4 nitrogen and oxygen atoms in total. The highest BCUT2D eigenvalue weighted by Gasteiger charge is 2.15. The predicted octanol–water partition coefficient (Wildman–Crippen LogP) is 2.38. The molecule has 2 N–H and O–H groups in total. The van der Waals surface area contributed by atoms with Crippen molar-refractivity contribution in [2.24, 2.45) is 0 Å². The van der Waals surface area contributed by atoms with Gasteiger partial charge in [-0.2, -0.15) is 0 Å². The zero-order valence-corrected chi connectivity index (χ0v) is 11.2. The SMILES string of the molecule is CCCCNC(=O)C(C)Oc1cccc(O)c1C. The van der Waals surface area contributed by atoms with Crippen molar-refractivity contribution in [1.29, 1.82) is 0 Å². The van der Waals surface area contributed by atoms with Crippen LogP contribution in [0.3, 0.4) is 0 Å². The number of aromatic hydroxyl groups is 1. The third-order valence-corrected chi connectivity index (χ3v) is 2.76. The van der Waals surface area contributed by atoms with Crippen molar-refractivity contribution >= 4 is 5.91 Å². The normalized spacial score (nSPS) is 11.9. The van der Waals surface area contributed by atoms with E-state index in [9.17, 15) is 9.90 Å². The quantitative estimate of drug-likeness (QED) is 0.763. The van der Waals surface area contributed by atoms with E-state index < -0.39 is 6.10 Å². The van der Waals surface area contributed by atoms with E-state index in [1.165, 1.54) is 0 Å². The van der Waals surface area contributed by atoms with Gasteiger partial charge < -0.3 is 15.2 Å². The molecule has 0 saturated carbocycles. The van der Waals surface area contributed by atoms with Gasteiger partial charge in [-0.15, -0.1) is 0 Å². The largest absolute Gasteiger partial charge is 0.508 e. The second-order valence-electron chi connectivity index (χ2n) is 4.30. The first-order valence-corrected chi connectivity index (χ1v) is 6.29. The van der Waals surface area contributed by atoms with E-state index in [4.69, 9.17) is 4.74 Å². The van der Waals surface area contributed by atoms with Crippen LogP contribution in [0, 0.1) is 6.92 Å². The first kappa shape index (κ1) is 14.4. The molecular weight excluding hydrogens is 230 g/mol. The third kappa shape index (κ3) is 3.95. The number of hydrogen-bond donors (Lipinski definition) is 2. The first-order valence-electron chi connectivity index (χ1n) is 6.29. The molecule has 0 aliphatic rings. The lowest BCUT2D eigenvalue weighted by atomic mass is 10.2. The van der Waals surface area contributed by atoms with Crippen LogP contribution in [0.5, 0.6) is 11.5 Å². The van der Waals surface area contributed by atoms with Crippen LogP contribution in [0.25, 0.3) is 0 Å². The lowest BCUT2D eigenvalue weighted by Crippen LogP contribution is -2.36. The molecule has 4 heteroatoms. The summed E-state index contributed by atoms with van der Waals surface area (Å²) >= 11 is 0. The van der Waals surface area contributed by atoms with Gasteiger partial charge in [0.1, 0.15) is 11.5 Å². The summed E-state index contributed by atoms with van der Waals surface area (Å²) in [6, 6.07) is 5.03. The summed E-state index contributed by atoms with van der Waals surface area (Å²) in [5.74, 6) is 0.574. The maximum absolute atomic E-state index is 11.7. The number of benzene rings is 1. The molecule has 0 aliphatic heterocycles. The Hall–Kier alpha value is -1.71. The fourth-order valence-electron chi connectivity index (χ4n) is 1.51. The molecule has 1 unspecified atom stereocenters. The maximum Gasteiger partial charge on any atom is 0.260 e. The van der Waals surface area contributed by atoms with Crippen molar-refractivity contribution < 1.29 is 14.6 Å². The molecule has 0 bridgehead atoms. The van der Waals surface area contributed by atoms with E-state index in [0.717, 1.165) is 12.8 Å². The number of hydrogen-bond acceptors (Lipinski definition) is 3. The monoisotopic (exact) mass is 251 g/mol. The van der Waals surface area contributed by atoms with E-state index in [0.29, 0.717) is 17.9 Å². The van der Waals surface area contributed by atoms with E-state index in [2.05, 4.69) is 12.2 Å². The minimum Gasteiger partial charge on any atom is -0.508 e. The molecule has 1 rings (SSSR count). The molecule has 0 saturated heterocycles. The van der Waals surface area contributed by atoms with Gasteiger partial charge in [0.2, 0.25) is 0 Å². The molecule has 1 aromatic rings. The van der Waals surface area contributed by atoms with Crippen molar-refractivity contribution in [3.8, 4) is 11.5 Å². The number of carbonyl (C=O) groups excluding carboxylic acids is 1. The second-order valence-corrected chi connectivity index (χ2v) is 4.30. The first-order chi connectivity index (χ1) is 8.56. The summed E-state index contributed by atoms with van der Waals surface area (Å²) in [6.45, 7) is 6.20. The molecule has 18 heavy (non-hydrogen) atoms. The number of phenolic OH excluding ortho intramolecular Hbond substituents is 1. The van der Waals surface area contributed by atoms with Crippen molar-refractivity contribution in [1.82, 2.24) is 5.32 Å². The Kier molecular flexibility index (Phi) is 5.49. The average Bonchev–Trinajstić information content (AvgIpc) is 2.35. The Bertz CT molecular complexity index is 404. The van der Waals surface area contributed by atoms with E-state index in [-0.39, 0.29) is 11.7 Å². The molecule has 1 aromatic carbocycles. The van der Waals surface area contributed by atoms with Crippen LogP contribution < -0.4 is 10.1 Å². The van der Waals surface area contributed by atoms with Gasteiger partial charge >= 0.3 is 0 Å². The highest BCUT2D eigenvalue weighted by Crippen LogP contribution is 2.26. The van der Waals surface area contributed by atoms with Crippen molar-refractivity contribution in [2.45, 2.75) is 39.7 Å². The fraction of sp³-hybridized carbons (Fsp3) is 0.500. The Morgan fingerprint density at radius 2 is 2.22 bits per heavy atom. The van der Waals surface area contributed by atoms with Gasteiger partial charge in [0.15, 0.2) is 6.10 Å². The Labute approximate surface area is 108 Å². The van der Waals surface area contributed by atoms with Crippen LogP contribution in [-0.4, -0.2) is 23.7 Å². The van der Waals surface area contributed by atoms with Crippen LogP contribution >= 0.6 is 0 Å². The summed E-state index contributed by atoms with van der Waals surface area (Å²) in [5.41, 5.74) is 0.644. The lowest BCUT2D eigenvalue weighted by molar-refractivity contribution is -0.127. The molecule has 1 atom stereocenters. The standard InChI is InChI=1S/C14H21NO3/c1-4-5-9-15-14(17)11(3)18-13-8-6-7-12(16)10(13)2/h6-8,11,16H,4-5,9H2,1-3H3,(H,15,17). The van der Waals surface area contributed by atoms with Gasteiger partial charge in [0.05, 0.1) is 0 Å². The highest BCUT2D eigenvalue weighted by atomic mass is 16.5. The minimum atomic E-state index is -0.567. The van der Waals surface area contributed by atoms with Crippen molar-refractivity contribution in [3.05, 3.63) is 23.8 Å². The summed E-state index contributed by atoms with van der Waals surface area (Å²) in [5, 5.41) is 12.4. The molecule has 100 valence electrons. The second kappa shape index (κ2) is 6.89. The Morgan fingerprint density at radius 1 is 1.50 bits per heavy atom. The van der Waals surface area contributed by atoms with Gasteiger partial charge in [-0.1, -0.05) is 19.4 Å². The van der Waals surface area contributed by atoms with Crippen LogP contribution in [-0.2, 0) is 4.79 Å². The Balaban J connectivity index is 2.56. The molecule has 0 aromatic heterocycles. The molecule has 0 radical (unpaired) electrons. The van der Waals surface area contributed by atoms with Crippen molar-refractivity contribution in [2.75, 3.05) is 6.54 Å². The number of rotatable bonds is 6. The maximum atomic E-state index is 11.7. The molecule has 0 heterocycles. The van der Waals surface area contributed by atoms with Gasteiger partial charge in [-0.25, -0.2) is 0 Å². The number of ether oxygens (including phenoxy) is 1. The van der Waals surface area contributed by atoms with Crippen LogP contribution in [0.15, 0.2) is 18.2 Å². The van der Waals surface area contributed by atoms with E-state index in [1.54, 1.807) is 32.0 Å². The lowest BCUT2D eigenvalue weighted by Gasteiger charge is -2.16. The van der Waals surface area contributed by atoms with Gasteiger partial charge in [-0.05, 0) is 32.4 Å². The Morgan fingerprint density at radius 3 is 2.89 bits per heavy atom. The number of unbranched alkanes of at least 4 members (excludes halogenated alkanes) is 1. The number of amides is 1. The summed E-state index contributed by atoms with van der Waals surface area (Å²) in [4.78, 5) is 11.7. The fourth-order valence-corrected chi connectivity index (χ4v) is 1.51. The van der Waals surface area contributed by atoms with Crippen LogP contribution in [0.1, 0.15) is 32.3 Å². The van der Waals surface area contributed by atoms with Crippen molar-refractivity contribution in [3.63, 3.8) is 0 Å². The molecule has 0 fully saturated rings. The zero-order valence-electron chi connectivity index (χ0n) is 11.2. The van der Waals surface area contributed by atoms with Crippen LogP contribution in [0.2, 0.25) is 0 Å². The van der Waals surface area contributed by atoms with Crippen LogP contribution in [0.4, 0.5) is 0 Å². The molecular formula is C14H21NO3. The summed E-state index contributed by atoms with van der Waals surface area (Å²) in [6.07, 6.45) is 1.44. The summed E-state index contributed by atoms with van der Waals surface area (Å²) < 4.78 is 5.55. The van der Waals surface area contributed by atoms with E-state index in [1.807, 2.05) is 0 Å². The molecule has 0 aliphatic carbocycles. The topological polar surface area (TPSA) is 58.6 Å². The average molecular weight is 251 g/mol. The minimum absolute atomic E-state index is 0.133.